The maximum Gasteiger partial charge on any atom is 0.232 e. The molecule has 1 N–H and O–H groups in total. The molecule has 0 spiro atoms. The van der Waals surface area contributed by atoms with E-state index in [4.69, 9.17) is 4.74 Å². The number of hydrogen-bond acceptors (Lipinski definition) is 5. The minimum Gasteiger partial charge on any atom is -0.480 e. The number of anilines is 1. The molecule has 5 nitrogen and oxygen atoms in total. The lowest BCUT2D eigenvalue weighted by Gasteiger charge is -2.32. The highest BCUT2D eigenvalue weighted by Gasteiger charge is 2.25. The lowest BCUT2D eigenvalue weighted by molar-refractivity contribution is 0.388. The summed E-state index contributed by atoms with van der Waals surface area (Å²) in [4.78, 5) is 11.1. The van der Waals surface area contributed by atoms with Crippen molar-refractivity contribution in [3.05, 3.63) is 10.7 Å². The van der Waals surface area contributed by atoms with E-state index in [0.717, 1.165) is 42.3 Å². The summed E-state index contributed by atoms with van der Waals surface area (Å²) in [6.07, 6.45) is 6.91. The molecule has 1 aliphatic carbocycles. The first-order chi connectivity index (χ1) is 9.76. The second kappa shape index (κ2) is 6.26. The maximum atomic E-state index is 5.23. The molecule has 6 heteroatoms. The summed E-state index contributed by atoms with van der Waals surface area (Å²) in [7, 11) is 1.63. The molecule has 1 saturated carbocycles. The van der Waals surface area contributed by atoms with E-state index in [-0.39, 0.29) is 0 Å². The van der Waals surface area contributed by atoms with E-state index in [1.807, 2.05) is 0 Å². The van der Waals surface area contributed by atoms with Gasteiger partial charge in [-0.2, -0.15) is 4.98 Å². The van der Waals surface area contributed by atoms with Gasteiger partial charge in [0.05, 0.1) is 17.8 Å². The van der Waals surface area contributed by atoms with Crippen molar-refractivity contribution in [1.82, 2.24) is 15.3 Å². The first-order valence-electron chi connectivity index (χ1n) is 7.31. The van der Waals surface area contributed by atoms with Crippen LogP contribution in [0.5, 0.6) is 5.88 Å². The van der Waals surface area contributed by atoms with Crippen LogP contribution in [0.15, 0.2) is 10.7 Å². The Bertz CT molecular complexity index is 458. The quantitative estimate of drug-likeness (QED) is 0.890. The molecule has 0 amide bonds. The van der Waals surface area contributed by atoms with Crippen molar-refractivity contribution >= 4 is 21.9 Å². The highest BCUT2D eigenvalue weighted by Crippen LogP contribution is 2.28. The Kier molecular flexibility index (Phi) is 4.41. The van der Waals surface area contributed by atoms with Crippen LogP contribution in [-0.4, -0.2) is 42.8 Å². The van der Waals surface area contributed by atoms with Crippen LogP contribution in [0, 0.1) is 5.92 Å². The summed E-state index contributed by atoms with van der Waals surface area (Å²) >= 11 is 3.39. The SMILES string of the molecule is COc1nc(N2CCC(NCC3CC3)CC2)ncc1Br. The number of piperidine rings is 1. The molecule has 0 radical (unpaired) electrons. The summed E-state index contributed by atoms with van der Waals surface area (Å²) in [5.41, 5.74) is 0. The molecule has 20 heavy (non-hydrogen) atoms. The molecule has 3 rings (SSSR count). The molecule has 2 heterocycles. The minimum atomic E-state index is 0.601. The van der Waals surface area contributed by atoms with Crippen LogP contribution in [0.3, 0.4) is 0 Å². The van der Waals surface area contributed by atoms with Gasteiger partial charge in [-0.05, 0) is 54.1 Å². The zero-order valence-corrected chi connectivity index (χ0v) is 13.4. The molecule has 2 fully saturated rings. The number of rotatable bonds is 5. The van der Waals surface area contributed by atoms with Crippen molar-refractivity contribution in [3.8, 4) is 5.88 Å². The highest BCUT2D eigenvalue weighted by molar-refractivity contribution is 9.10. The van der Waals surface area contributed by atoms with Gasteiger partial charge >= 0.3 is 0 Å². The van der Waals surface area contributed by atoms with Crippen molar-refractivity contribution in [2.24, 2.45) is 5.92 Å². The molecule has 110 valence electrons. The first kappa shape index (κ1) is 14.1. The van der Waals surface area contributed by atoms with Crippen LogP contribution in [0.4, 0.5) is 5.95 Å². The number of halogens is 1. The van der Waals surface area contributed by atoms with Crippen LogP contribution in [0.1, 0.15) is 25.7 Å². The van der Waals surface area contributed by atoms with E-state index in [9.17, 15) is 0 Å². The van der Waals surface area contributed by atoms with Gasteiger partial charge in [0.15, 0.2) is 0 Å². The fraction of sp³-hybridized carbons (Fsp3) is 0.714. The number of aromatic nitrogens is 2. The van der Waals surface area contributed by atoms with Gasteiger partial charge < -0.3 is 15.0 Å². The molecule has 0 aromatic carbocycles. The van der Waals surface area contributed by atoms with Crippen molar-refractivity contribution in [2.75, 3.05) is 31.6 Å². The Morgan fingerprint density at radius 2 is 2.10 bits per heavy atom. The average Bonchev–Trinajstić information content (AvgIpc) is 3.30. The highest BCUT2D eigenvalue weighted by atomic mass is 79.9. The van der Waals surface area contributed by atoms with Gasteiger partial charge in [0, 0.05) is 19.1 Å². The molecule has 1 saturated heterocycles. The topological polar surface area (TPSA) is 50.3 Å². The van der Waals surface area contributed by atoms with Crippen LogP contribution in [0.2, 0.25) is 0 Å². The second-order valence-corrected chi connectivity index (χ2v) is 6.49. The third-order valence-corrected chi connectivity index (χ3v) is 4.61. The summed E-state index contributed by atoms with van der Waals surface area (Å²) in [6, 6.07) is 0.657. The zero-order valence-electron chi connectivity index (χ0n) is 11.8. The summed E-state index contributed by atoms with van der Waals surface area (Å²) in [5.74, 6) is 2.32. The van der Waals surface area contributed by atoms with Gasteiger partial charge in [0.1, 0.15) is 0 Å². The van der Waals surface area contributed by atoms with Crippen molar-refractivity contribution in [1.29, 1.82) is 0 Å². The summed E-state index contributed by atoms with van der Waals surface area (Å²) < 4.78 is 6.03. The fourth-order valence-corrected chi connectivity index (χ4v) is 2.93. The lowest BCUT2D eigenvalue weighted by atomic mass is 10.1. The molecule has 1 aliphatic heterocycles. The van der Waals surface area contributed by atoms with Crippen molar-refractivity contribution in [3.63, 3.8) is 0 Å². The summed E-state index contributed by atoms with van der Waals surface area (Å²) in [5, 5.41) is 3.69. The average molecular weight is 341 g/mol. The van der Waals surface area contributed by atoms with E-state index in [2.05, 4.69) is 36.1 Å². The van der Waals surface area contributed by atoms with Crippen molar-refractivity contribution in [2.45, 2.75) is 31.7 Å². The number of nitrogens with one attached hydrogen (secondary N) is 1. The molecule has 0 bridgehead atoms. The molecule has 0 atom stereocenters. The largest absolute Gasteiger partial charge is 0.480 e. The number of ether oxygens (including phenoxy) is 1. The molecular weight excluding hydrogens is 320 g/mol. The van der Waals surface area contributed by atoms with Crippen LogP contribution in [0.25, 0.3) is 0 Å². The fourth-order valence-electron chi connectivity index (χ4n) is 2.58. The monoisotopic (exact) mass is 340 g/mol. The van der Waals surface area contributed by atoms with Gasteiger partial charge in [0.25, 0.3) is 0 Å². The Balaban J connectivity index is 1.54. The lowest BCUT2D eigenvalue weighted by Crippen LogP contribution is -2.43. The standard InChI is InChI=1S/C14H21BrN4O/c1-20-13-12(15)9-17-14(18-13)19-6-4-11(5-7-19)16-8-10-2-3-10/h9-11,16H,2-8H2,1H3. The van der Waals surface area contributed by atoms with Gasteiger partial charge in [-0.15, -0.1) is 0 Å². The molecule has 2 aliphatic rings. The molecular formula is C14H21BrN4O. The molecule has 1 aromatic rings. The van der Waals surface area contributed by atoms with E-state index < -0.39 is 0 Å². The van der Waals surface area contributed by atoms with E-state index in [1.54, 1.807) is 13.3 Å². The Morgan fingerprint density at radius 3 is 2.75 bits per heavy atom. The van der Waals surface area contributed by atoms with Gasteiger partial charge in [0.2, 0.25) is 11.8 Å². The van der Waals surface area contributed by atoms with Gasteiger partial charge in [-0.25, -0.2) is 4.98 Å². The van der Waals surface area contributed by atoms with Crippen molar-refractivity contribution < 1.29 is 4.74 Å². The number of hydrogen-bond donors (Lipinski definition) is 1. The number of methoxy groups -OCH3 is 1. The van der Waals surface area contributed by atoms with Crippen LogP contribution in [-0.2, 0) is 0 Å². The normalized spacial score (nSPS) is 20.2. The Labute approximate surface area is 128 Å². The molecule has 1 aromatic heterocycles. The Hall–Kier alpha value is -0.880. The van der Waals surface area contributed by atoms with Gasteiger partial charge in [-0.1, -0.05) is 0 Å². The van der Waals surface area contributed by atoms with E-state index in [0.29, 0.717) is 11.9 Å². The summed E-state index contributed by atoms with van der Waals surface area (Å²) in [6.45, 7) is 3.22. The van der Waals surface area contributed by atoms with E-state index >= 15 is 0 Å². The minimum absolute atomic E-state index is 0.601. The molecule has 0 unspecified atom stereocenters. The van der Waals surface area contributed by atoms with E-state index in [1.165, 1.54) is 19.4 Å². The maximum absolute atomic E-state index is 5.23. The third kappa shape index (κ3) is 3.41. The van der Waals surface area contributed by atoms with Crippen LogP contribution >= 0.6 is 15.9 Å². The third-order valence-electron chi connectivity index (χ3n) is 4.06. The zero-order chi connectivity index (χ0) is 13.9. The predicted molar refractivity (Wildman–Crippen MR) is 82.2 cm³/mol. The predicted octanol–water partition coefficient (Wildman–Crippen LogP) is 2.22. The second-order valence-electron chi connectivity index (χ2n) is 5.64. The van der Waals surface area contributed by atoms with Crippen LogP contribution < -0.4 is 15.0 Å². The number of nitrogens with zero attached hydrogens (tertiary/aromatic N) is 3. The van der Waals surface area contributed by atoms with Gasteiger partial charge in [-0.3, -0.25) is 0 Å². The Morgan fingerprint density at radius 1 is 1.35 bits per heavy atom. The smallest absolute Gasteiger partial charge is 0.232 e. The first-order valence-corrected chi connectivity index (χ1v) is 8.10.